The molecule has 0 aliphatic carbocycles. The van der Waals surface area contributed by atoms with Crippen molar-refractivity contribution in [3.63, 3.8) is 0 Å². The van der Waals surface area contributed by atoms with Gasteiger partial charge in [-0.25, -0.2) is 4.98 Å². The molecule has 3 aromatic rings. The highest BCUT2D eigenvalue weighted by Gasteiger charge is 2.00. The van der Waals surface area contributed by atoms with Gasteiger partial charge in [-0.3, -0.25) is 0 Å². The molecule has 5 heteroatoms. The zero-order valence-electron chi connectivity index (χ0n) is 12.8. The standard InChI is InChI=1S/C18H18N4S/c1-2-19-18(23)22-16-9-10-17(20-12-16)21-15-8-7-13-5-3-4-6-14(13)11-15/h3-12H,2H2,1H3,(H,20,21)(H2,19,22,23). The summed E-state index contributed by atoms with van der Waals surface area (Å²) in [5.41, 5.74) is 1.88. The summed E-state index contributed by atoms with van der Waals surface area (Å²) < 4.78 is 0. The molecule has 0 unspecified atom stereocenters. The fourth-order valence-corrected chi connectivity index (χ4v) is 2.55. The lowest BCUT2D eigenvalue weighted by molar-refractivity contribution is 0.979. The summed E-state index contributed by atoms with van der Waals surface area (Å²) in [5, 5.41) is 12.5. The number of thiocarbonyl (C=S) groups is 1. The Morgan fingerprint density at radius 2 is 1.78 bits per heavy atom. The molecule has 0 aliphatic heterocycles. The second kappa shape index (κ2) is 7.07. The van der Waals surface area contributed by atoms with Gasteiger partial charge in [0.05, 0.1) is 11.9 Å². The summed E-state index contributed by atoms with van der Waals surface area (Å²) in [6, 6.07) is 18.4. The number of nitrogens with zero attached hydrogens (tertiary/aromatic N) is 1. The number of pyridine rings is 1. The Kier molecular flexibility index (Phi) is 4.68. The monoisotopic (exact) mass is 322 g/mol. The van der Waals surface area contributed by atoms with E-state index in [2.05, 4.69) is 51.3 Å². The highest BCUT2D eigenvalue weighted by atomic mass is 32.1. The minimum Gasteiger partial charge on any atom is -0.363 e. The second-order valence-corrected chi connectivity index (χ2v) is 5.51. The predicted molar refractivity (Wildman–Crippen MR) is 101 cm³/mol. The normalized spacial score (nSPS) is 10.3. The van der Waals surface area contributed by atoms with Crippen molar-refractivity contribution in [3.05, 3.63) is 60.8 Å². The highest BCUT2D eigenvalue weighted by Crippen LogP contribution is 2.21. The average Bonchev–Trinajstić information content (AvgIpc) is 2.57. The van der Waals surface area contributed by atoms with E-state index in [9.17, 15) is 0 Å². The second-order valence-electron chi connectivity index (χ2n) is 5.10. The highest BCUT2D eigenvalue weighted by molar-refractivity contribution is 7.80. The van der Waals surface area contributed by atoms with Crippen LogP contribution in [0.3, 0.4) is 0 Å². The van der Waals surface area contributed by atoms with Crippen LogP contribution in [0, 0.1) is 0 Å². The van der Waals surface area contributed by atoms with Crippen molar-refractivity contribution in [2.75, 3.05) is 17.2 Å². The van der Waals surface area contributed by atoms with Gasteiger partial charge in [0, 0.05) is 12.2 Å². The maximum atomic E-state index is 5.15. The van der Waals surface area contributed by atoms with Crippen molar-refractivity contribution >= 4 is 45.3 Å². The molecule has 0 spiro atoms. The third-order valence-corrected chi connectivity index (χ3v) is 3.63. The van der Waals surface area contributed by atoms with Crippen LogP contribution in [-0.2, 0) is 0 Å². The molecule has 1 aromatic heterocycles. The Morgan fingerprint density at radius 3 is 2.52 bits per heavy atom. The summed E-state index contributed by atoms with van der Waals surface area (Å²) in [4.78, 5) is 4.41. The Balaban J connectivity index is 1.70. The van der Waals surface area contributed by atoms with Crippen molar-refractivity contribution in [1.29, 1.82) is 0 Å². The molecule has 0 bridgehead atoms. The van der Waals surface area contributed by atoms with Gasteiger partial charge in [0.2, 0.25) is 0 Å². The van der Waals surface area contributed by atoms with E-state index in [4.69, 9.17) is 12.2 Å². The molecule has 0 fully saturated rings. The number of hydrogen-bond donors (Lipinski definition) is 3. The van der Waals surface area contributed by atoms with Gasteiger partial charge in [0.15, 0.2) is 5.11 Å². The first kappa shape index (κ1) is 15.2. The minimum atomic E-state index is 0.601. The van der Waals surface area contributed by atoms with Gasteiger partial charge in [-0.1, -0.05) is 30.3 Å². The van der Waals surface area contributed by atoms with Crippen LogP contribution in [0.4, 0.5) is 17.2 Å². The van der Waals surface area contributed by atoms with E-state index in [-0.39, 0.29) is 0 Å². The first-order valence-electron chi connectivity index (χ1n) is 7.51. The number of rotatable bonds is 4. The molecule has 1 heterocycles. The molecule has 2 aromatic carbocycles. The Morgan fingerprint density at radius 1 is 1.00 bits per heavy atom. The molecule has 116 valence electrons. The van der Waals surface area contributed by atoms with Crippen molar-refractivity contribution in [2.24, 2.45) is 0 Å². The van der Waals surface area contributed by atoms with Crippen LogP contribution in [0.5, 0.6) is 0 Å². The van der Waals surface area contributed by atoms with Crippen molar-refractivity contribution in [1.82, 2.24) is 10.3 Å². The summed E-state index contributed by atoms with van der Waals surface area (Å²) in [6.07, 6.45) is 1.76. The van der Waals surface area contributed by atoms with Crippen LogP contribution < -0.4 is 16.0 Å². The Bertz CT molecular complexity index is 815. The van der Waals surface area contributed by atoms with Crippen LogP contribution >= 0.6 is 12.2 Å². The van der Waals surface area contributed by atoms with E-state index in [0.717, 1.165) is 23.7 Å². The fourth-order valence-electron chi connectivity index (χ4n) is 2.29. The molecule has 0 radical (unpaired) electrons. The first-order chi connectivity index (χ1) is 11.2. The Hall–Kier alpha value is -2.66. The van der Waals surface area contributed by atoms with E-state index < -0.39 is 0 Å². The Labute approximate surface area is 140 Å². The summed E-state index contributed by atoms with van der Waals surface area (Å²) in [7, 11) is 0. The average molecular weight is 322 g/mol. The van der Waals surface area contributed by atoms with Crippen molar-refractivity contribution < 1.29 is 0 Å². The third-order valence-electron chi connectivity index (χ3n) is 3.38. The third kappa shape index (κ3) is 3.96. The van der Waals surface area contributed by atoms with E-state index >= 15 is 0 Å². The SMILES string of the molecule is CCNC(=S)Nc1ccc(Nc2ccc3ccccc3c2)nc1. The lowest BCUT2D eigenvalue weighted by Crippen LogP contribution is -2.27. The molecule has 23 heavy (non-hydrogen) atoms. The van der Waals surface area contributed by atoms with E-state index in [0.29, 0.717) is 5.11 Å². The van der Waals surface area contributed by atoms with Crippen molar-refractivity contribution in [3.8, 4) is 0 Å². The molecule has 0 aliphatic rings. The van der Waals surface area contributed by atoms with Crippen LogP contribution in [0.15, 0.2) is 60.8 Å². The fraction of sp³-hybridized carbons (Fsp3) is 0.111. The van der Waals surface area contributed by atoms with Crippen LogP contribution in [0.2, 0.25) is 0 Å². The molecule has 3 N–H and O–H groups in total. The number of anilines is 3. The molecular formula is C18H18N4S. The van der Waals surface area contributed by atoms with Gasteiger partial charge in [0.25, 0.3) is 0 Å². The molecule has 3 rings (SSSR count). The zero-order chi connectivity index (χ0) is 16.1. The van der Waals surface area contributed by atoms with Crippen molar-refractivity contribution in [2.45, 2.75) is 6.92 Å². The molecule has 0 amide bonds. The maximum Gasteiger partial charge on any atom is 0.170 e. The minimum absolute atomic E-state index is 0.601. The summed E-state index contributed by atoms with van der Waals surface area (Å²) >= 11 is 5.15. The van der Waals surface area contributed by atoms with Crippen LogP contribution in [-0.4, -0.2) is 16.6 Å². The number of hydrogen-bond acceptors (Lipinski definition) is 3. The smallest absolute Gasteiger partial charge is 0.170 e. The van der Waals surface area contributed by atoms with E-state index in [1.165, 1.54) is 10.8 Å². The zero-order valence-corrected chi connectivity index (χ0v) is 13.7. The van der Waals surface area contributed by atoms with E-state index in [1.807, 2.05) is 31.2 Å². The summed E-state index contributed by atoms with van der Waals surface area (Å²) in [6.45, 7) is 2.80. The largest absolute Gasteiger partial charge is 0.363 e. The molecular weight excluding hydrogens is 304 g/mol. The maximum absolute atomic E-state index is 5.15. The predicted octanol–water partition coefficient (Wildman–Crippen LogP) is 4.28. The van der Waals surface area contributed by atoms with Gasteiger partial charge in [0.1, 0.15) is 5.82 Å². The van der Waals surface area contributed by atoms with E-state index in [1.54, 1.807) is 6.20 Å². The number of nitrogens with one attached hydrogen (secondary N) is 3. The lowest BCUT2D eigenvalue weighted by atomic mass is 10.1. The number of benzene rings is 2. The van der Waals surface area contributed by atoms with Gasteiger partial charge in [-0.15, -0.1) is 0 Å². The number of aromatic nitrogens is 1. The number of fused-ring (bicyclic) bond motifs is 1. The van der Waals surface area contributed by atoms with Gasteiger partial charge in [-0.05, 0) is 54.2 Å². The summed E-state index contributed by atoms with van der Waals surface area (Å²) in [5.74, 6) is 0.792. The molecule has 0 saturated carbocycles. The van der Waals surface area contributed by atoms with Crippen LogP contribution in [0.25, 0.3) is 10.8 Å². The topological polar surface area (TPSA) is 49.0 Å². The van der Waals surface area contributed by atoms with Crippen LogP contribution in [0.1, 0.15) is 6.92 Å². The molecule has 4 nitrogen and oxygen atoms in total. The quantitative estimate of drug-likeness (QED) is 0.626. The first-order valence-corrected chi connectivity index (χ1v) is 7.92. The van der Waals surface area contributed by atoms with Gasteiger partial charge >= 0.3 is 0 Å². The lowest BCUT2D eigenvalue weighted by Gasteiger charge is -2.10. The molecule has 0 atom stereocenters. The van der Waals surface area contributed by atoms with Gasteiger partial charge in [-0.2, -0.15) is 0 Å². The van der Waals surface area contributed by atoms with Gasteiger partial charge < -0.3 is 16.0 Å². The molecule has 0 saturated heterocycles.